The van der Waals surface area contributed by atoms with Gasteiger partial charge in [0, 0.05) is 24.8 Å². The summed E-state index contributed by atoms with van der Waals surface area (Å²) in [5.74, 6) is 0.583. The van der Waals surface area contributed by atoms with Gasteiger partial charge in [0.05, 0.1) is 5.39 Å². The van der Waals surface area contributed by atoms with Crippen LogP contribution >= 0.6 is 0 Å². The first-order chi connectivity index (χ1) is 9.09. The third-order valence-electron chi connectivity index (χ3n) is 4.28. The van der Waals surface area contributed by atoms with Crippen molar-refractivity contribution in [3.63, 3.8) is 0 Å². The molecule has 2 aromatic rings. The van der Waals surface area contributed by atoms with Crippen molar-refractivity contribution in [2.24, 2.45) is 0 Å². The highest BCUT2D eigenvalue weighted by Crippen LogP contribution is 2.28. The Kier molecular flexibility index (Phi) is 2.93. The van der Waals surface area contributed by atoms with Gasteiger partial charge in [0.25, 0.3) is 0 Å². The molecule has 0 unspecified atom stereocenters. The van der Waals surface area contributed by atoms with Crippen LogP contribution < -0.4 is 5.73 Å². The van der Waals surface area contributed by atoms with Gasteiger partial charge in [-0.2, -0.15) is 0 Å². The van der Waals surface area contributed by atoms with Crippen molar-refractivity contribution < 1.29 is 0 Å². The van der Waals surface area contributed by atoms with Crippen LogP contribution in [0.4, 0.5) is 5.82 Å². The van der Waals surface area contributed by atoms with E-state index in [0.717, 1.165) is 30.2 Å². The SMILES string of the molecule is Cc1c(C)n(CCN(C)C2CC2)c2ncnc(N)c12. The summed E-state index contributed by atoms with van der Waals surface area (Å²) < 4.78 is 2.27. The molecule has 0 aliphatic heterocycles. The second-order valence-electron chi connectivity index (χ2n) is 5.53. The van der Waals surface area contributed by atoms with E-state index in [0.29, 0.717) is 5.82 Å². The fourth-order valence-corrected chi connectivity index (χ4v) is 2.73. The molecule has 1 saturated carbocycles. The summed E-state index contributed by atoms with van der Waals surface area (Å²) >= 11 is 0. The molecule has 1 aliphatic carbocycles. The molecule has 1 aliphatic rings. The predicted octanol–water partition coefficient (Wildman–Crippen LogP) is 1.72. The first kappa shape index (κ1) is 12.4. The molecule has 0 bridgehead atoms. The molecule has 0 spiro atoms. The maximum atomic E-state index is 5.98. The van der Waals surface area contributed by atoms with E-state index < -0.39 is 0 Å². The van der Waals surface area contributed by atoms with Gasteiger partial charge in [-0.05, 0) is 39.3 Å². The van der Waals surface area contributed by atoms with E-state index in [9.17, 15) is 0 Å². The normalized spacial score (nSPS) is 15.6. The second-order valence-corrected chi connectivity index (χ2v) is 5.53. The van der Waals surface area contributed by atoms with Crippen LogP contribution in [0.15, 0.2) is 6.33 Å². The Morgan fingerprint density at radius 3 is 2.79 bits per heavy atom. The number of nitrogen functional groups attached to an aromatic ring is 1. The number of nitrogens with zero attached hydrogens (tertiary/aromatic N) is 4. The Morgan fingerprint density at radius 2 is 2.11 bits per heavy atom. The lowest BCUT2D eigenvalue weighted by Crippen LogP contribution is -2.25. The van der Waals surface area contributed by atoms with Crippen LogP contribution in [0.3, 0.4) is 0 Å². The van der Waals surface area contributed by atoms with Crippen LogP contribution in [-0.4, -0.2) is 39.1 Å². The third kappa shape index (κ3) is 2.08. The Hall–Kier alpha value is -1.62. The summed E-state index contributed by atoms with van der Waals surface area (Å²) in [6.45, 7) is 6.24. The van der Waals surface area contributed by atoms with Gasteiger partial charge in [-0.15, -0.1) is 0 Å². The highest BCUT2D eigenvalue weighted by Gasteiger charge is 2.26. The minimum atomic E-state index is 0.583. The van der Waals surface area contributed by atoms with E-state index in [1.807, 2.05) is 0 Å². The maximum Gasteiger partial charge on any atom is 0.145 e. The van der Waals surface area contributed by atoms with Crippen LogP contribution in [-0.2, 0) is 6.54 Å². The first-order valence-corrected chi connectivity index (χ1v) is 6.85. The average Bonchev–Trinajstić information content (AvgIpc) is 3.19. The molecule has 0 aromatic carbocycles. The number of likely N-dealkylation sites (N-methyl/N-ethyl adjacent to an activating group) is 1. The van der Waals surface area contributed by atoms with E-state index >= 15 is 0 Å². The maximum absolute atomic E-state index is 5.98. The van der Waals surface area contributed by atoms with Crippen LogP contribution in [0.5, 0.6) is 0 Å². The Morgan fingerprint density at radius 1 is 1.37 bits per heavy atom. The largest absolute Gasteiger partial charge is 0.383 e. The average molecular weight is 259 g/mol. The van der Waals surface area contributed by atoms with Crippen LogP contribution in [0.25, 0.3) is 11.0 Å². The first-order valence-electron chi connectivity index (χ1n) is 6.85. The van der Waals surface area contributed by atoms with E-state index in [1.54, 1.807) is 6.33 Å². The molecule has 2 N–H and O–H groups in total. The number of hydrogen-bond acceptors (Lipinski definition) is 4. The standard InChI is InChI=1S/C14H21N5/c1-9-10(2)19(7-6-18(3)11-4-5-11)14-12(9)13(15)16-8-17-14/h8,11H,4-7H2,1-3H3,(H2,15,16,17). The fraction of sp³-hybridized carbons (Fsp3) is 0.571. The van der Waals surface area contributed by atoms with Gasteiger partial charge in [-0.25, -0.2) is 9.97 Å². The molecule has 19 heavy (non-hydrogen) atoms. The number of nitrogens with two attached hydrogens (primary N) is 1. The number of anilines is 1. The quantitative estimate of drug-likeness (QED) is 0.908. The van der Waals surface area contributed by atoms with E-state index in [-0.39, 0.29) is 0 Å². The number of aromatic nitrogens is 3. The number of hydrogen-bond donors (Lipinski definition) is 1. The highest BCUT2D eigenvalue weighted by atomic mass is 15.2. The number of rotatable bonds is 4. The molecule has 1 fully saturated rings. The zero-order valence-electron chi connectivity index (χ0n) is 11.8. The van der Waals surface area contributed by atoms with Crippen LogP contribution in [0.1, 0.15) is 24.1 Å². The Labute approximate surface area is 113 Å². The zero-order chi connectivity index (χ0) is 13.6. The summed E-state index contributed by atoms with van der Waals surface area (Å²) in [5, 5.41) is 1.01. The summed E-state index contributed by atoms with van der Waals surface area (Å²) in [6.07, 6.45) is 4.24. The molecule has 102 valence electrons. The fourth-order valence-electron chi connectivity index (χ4n) is 2.73. The smallest absolute Gasteiger partial charge is 0.145 e. The van der Waals surface area contributed by atoms with Crippen molar-refractivity contribution in [1.29, 1.82) is 0 Å². The molecule has 5 nitrogen and oxygen atoms in total. The monoisotopic (exact) mass is 259 g/mol. The zero-order valence-corrected chi connectivity index (χ0v) is 11.8. The molecule has 0 atom stereocenters. The van der Waals surface area contributed by atoms with E-state index in [2.05, 4.69) is 40.3 Å². The van der Waals surface area contributed by atoms with Crippen molar-refractivity contribution in [3.05, 3.63) is 17.6 Å². The van der Waals surface area contributed by atoms with Gasteiger partial charge in [0.1, 0.15) is 17.8 Å². The molecule has 2 heterocycles. The molecule has 0 saturated heterocycles. The van der Waals surface area contributed by atoms with Gasteiger partial charge in [0.15, 0.2) is 0 Å². The van der Waals surface area contributed by atoms with Gasteiger partial charge in [-0.3, -0.25) is 0 Å². The Bertz CT molecular complexity index is 612. The minimum Gasteiger partial charge on any atom is -0.383 e. The summed E-state index contributed by atoms with van der Waals surface area (Å²) in [4.78, 5) is 11.0. The molecule has 0 radical (unpaired) electrons. The molecule has 0 amide bonds. The predicted molar refractivity (Wildman–Crippen MR) is 77.1 cm³/mol. The lowest BCUT2D eigenvalue weighted by Gasteiger charge is -2.17. The van der Waals surface area contributed by atoms with Crippen LogP contribution in [0, 0.1) is 13.8 Å². The van der Waals surface area contributed by atoms with Crippen molar-refractivity contribution in [2.75, 3.05) is 19.3 Å². The molecular weight excluding hydrogens is 238 g/mol. The Balaban J connectivity index is 1.93. The molecule has 5 heteroatoms. The van der Waals surface area contributed by atoms with Crippen molar-refractivity contribution in [3.8, 4) is 0 Å². The number of aryl methyl sites for hydroxylation is 1. The van der Waals surface area contributed by atoms with Gasteiger partial charge in [-0.1, -0.05) is 0 Å². The summed E-state index contributed by atoms with van der Waals surface area (Å²) in [5.41, 5.74) is 9.38. The highest BCUT2D eigenvalue weighted by molar-refractivity contribution is 5.90. The van der Waals surface area contributed by atoms with Gasteiger partial charge >= 0.3 is 0 Å². The second kappa shape index (κ2) is 4.49. The number of fused-ring (bicyclic) bond motifs is 1. The van der Waals surface area contributed by atoms with E-state index in [4.69, 9.17) is 5.73 Å². The minimum absolute atomic E-state index is 0.583. The topological polar surface area (TPSA) is 60.0 Å². The van der Waals surface area contributed by atoms with Crippen molar-refractivity contribution in [1.82, 2.24) is 19.4 Å². The van der Waals surface area contributed by atoms with Crippen molar-refractivity contribution in [2.45, 2.75) is 39.3 Å². The molecule has 3 rings (SSSR count). The lowest BCUT2D eigenvalue weighted by molar-refractivity contribution is 0.310. The van der Waals surface area contributed by atoms with Crippen molar-refractivity contribution >= 4 is 16.9 Å². The lowest BCUT2D eigenvalue weighted by atomic mass is 10.2. The molecule has 2 aromatic heterocycles. The van der Waals surface area contributed by atoms with E-state index in [1.165, 1.54) is 24.1 Å². The van der Waals surface area contributed by atoms with Crippen LogP contribution in [0.2, 0.25) is 0 Å². The summed E-state index contributed by atoms with van der Waals surface area (Å²) in [7, 11) is 2.20. The van der Waals surface area contributed by atoms with Gasteiger partial charge in [0.2, 0.25) is 0 Å². The molecular formula is C14H21N5. The third-order valence-corrected chi connectivity index (χ3v) is 4.28. The van der Waals surface area contributed by atoms with Gasteiger partial charge < -0.3 is 15.2 Å². The summed E-state index contributed by atoms with van der Waals surface area (Å²) in [6, 6.07) is 0.794.